The summed E-state index contributed by atoms with van der Waals surface area (Å²) in [5.74, 6) is -0.273. The molecule has 1 N–H and O–H groups in total. The van der Waals surface area contributed by atoms with Crippen LogP contribution in [0, 0.1) is 27.7 Å². The van der Waals surface area contributed by atoms with E-state index in [2.05, 4.69) is 15.5 Å². The normalized spacial score (nSPS) is 12.2. The van der Waals surface area contributed by atoms with Crippen molar-refractivity contribution in [2.24, 2.45) is 0 Å². The fourth-order valence-corrected chi connectivity index (χ4v) is 4.22. The Morgan fingerprint density at radius 1 is 1.00 bits per heavy atom. The van der Waals surface area contributed by atoms with E-state index in [4.69, 9.17) is 0 Å². The van der Waals surface area contributed by atoms with E-state index in [9.17, 15) is 9.59 Å². The van der Waals surface area contributed by atoms with Crippen molar-refractivity contribution in [3.05, 3.63) is 81.4 Å². The average molecular weight is 430 g/mol. The fraction of sp³-hybridized carbons (Fsp3) is 0.280. The largest absolute Gasteiger partial charge is 0.324 e. The summed E-state index contributed by atoms with van der Waals surface area (Å²) in [6.45, 7) is 9.60. The van der Waals surface area contributed by atoms with Crippen LogP contribution < -0.4 is 10.9 Å². The Bertz CT molecular complexity index is 1350. The van der Waals surface area contributed by atoms with Crippen LogP contribution in [0.3, 0.4) is 0 Å². The molecular weight excluding hydrogens is 402 g/mol. The molecule has 0 saturated heterocycles. The van der Waals surface area contributed by atoms with Gasteiger partial charge in [-0.2, -0.15) is 10.2 Å². The molecule has 2 aromatic carbocycles. The molecule has 0 fully saturated rings. The maximum Gasteiger partial charge on any atom is 0.295 e. The molecule has 2 heterocycles. The molecule has 7 nitrogen and oxygen atoms in total. The van der Waals surface area contributed by atoms with Crippen molar-refractivity contribution in [1.82, 2.24) is 19.6 Å². The first kappa shape index (κ1) is 21.5. The van der Waals surface area contributed by atoms with Crippen LogP contribution in [0.2, 0.25) is 0 Å². The summed E-state index contributed by atoms with van der Waals surface area (Å²) in [6, 6.07) is 14.8. The summed E-state index contributed by atoms with van der Waals surface area (Å²) in [7, 11) is 0. The average Bonchev–Trinajstić information content (AvgIpc) is 3.10. The zero-order chi connectivity index (χ0) is 23.0. The fourth-order valence-electron chi connectivity index (χ4n) is 4.22. The van der Waals surface area contributed by atoms with E-state index in [0.29, 0.717) is 23.3 Å². The molecule has 1 amide bonds. The van der Waals surface area contributed by atoms with Gasteiger partial charge in [-0.15, -0.1) is 0 Å². The van der Waals surface area contributed by atoms with Crippen LogP contribution in [0.25, 0.3) is 16.6 Å². The molecule has 0 saturated carbocycles. The molecule has 0 radical (unpaired) electrons. The van der Waals surface area contributed by atoms with Crippen molar-refractivity contribution in [1.29, 1.82) is 0 Å². The predicted molar refractivity (Wildman–Crippen MR) is 126 cm³/mol. The summed E-state index contributed by atoms with van der Waals surface area (Å²) < 4.78 is 3.03. The number of aryl methyl sites for hydroxylation is 4. The molecule has 0 aliphatic heterocycles. The van der Waals surface area contributed by atoms with E-state index in [1.165, 1.54) is 4.68 Å². The molecule has 164 valence electrons. The number of amides is 1. The number of aromatic nitrogens is 4. The first-order valence-electron chi connectivity index (χ1n) is 10.7. The lowest BCUT2D eigenvalue weighted by atomic mass is 10.1. The van der Waals surface area contributed by atoms with Gasteiger partial charge in [0.15, 0.2) is 5.52 Å². The molecule has 7 heteroatoms. The highest BCUT2D eigenvalue weighted by Gasteiger charge is 2.25. The van der Waals surface area contributed by atoms with Crippen molar-refractivity contribution < 1.29 is 4.79 Å². The van der Waals surface area contributed by atoms with Gasteiger partial charge in [0, 0.05) is 5.69 Å². The van der Waals surface area contributed by atoms with Crippen molar-refractivity contribution >= 4 is 22.5 Å². The van der Waals surface area contributed by atoms with Crippen LogP contribution >= 0.6 is 0 Å². The Labute approximate surface area is 186 Å². The maximum atomic E-state index is 13.4. The number of para-hydroxylation sites is 1. The van der Waals surface area contributed by atoms with E-state index in [-0.39, 0.29) is 11.5 Å². The van der Waals surface area contributed by atoms with E-state index in [1.807, 2.05) is 83.1 Å². The second-order valence-corrected chi connectivity index (χ2v) is 8.18. The van der Waals surface area contributed by atoms with Crippen molar-refractivity contribution in [2.75, 3.05) is 5.32 Å². The van der Waals surface area contributed by atoms with Crippen LogP contribution in [0.15, 0.2) is 53.3 Å². The number of hydrogen-bond donors (Lipinski definition) is 1. The van der Waals surface area contributed by atoms with Crippen LogP contribution in [0.4, 0.5) is 5.69 Å². The van der Waals surface area contributed by atoms with Gasteiger partial charge in [0.25, 0.3) is 5.56 Å². The Morgan fingerprint density at radius 2 is 1.66 bits per heavy atom. The van der Waals surface area contributed by atoms with Gasteiger partial charge in [0.2, 0.25) is 5.91 Å². The van der Waals surface area contributed by atoms with Gasteiger partial charge in [-0.3, -0.25) is 9.59 Å². The van der Waals surface area contributed by atoms with E-state index >= 15 is 0 Å². The highest BCUT2D eigenvalue weighted by Crippen LogP contribution is 2.23. The maximum absolute atomic E-state index is 13.4. The van der Waals surface area contributed by atoms with Crippen molar-refractivity contribution in [3.63, 3.8) is 0 Å². The molecule has 0 aliphatic carbocycles. The minimum Gasteiger partial charge on any atom is -0.324 e. The molecule has 32 heavy (non-hydrogen) atoms. The third-order valence-electron chi connectivity index (χ3n) is 5.62. The topological polar surface area (TPSA) is 81.8 Å². The third kappa shape index (κ3) is 3.82. The van der Waals surface area contributed by atoms with Gasteiger partial charge in [0.1, 0.15) is 6.04 Å². The van der Waals surface area contributed by atoms with Crippen LogP contribution in [-0.2, 0) is 4.79 Å². The number of nitrogens with one attached hydrogen (secondary N) is 1. The molecular formula is C25H27N5O2. The van der Waals surface area contributed by atoms with Gasteiger partial charge >= 0.3 is 0 Å². The Balaban J connectivity index is 1.78. The summed E-state index contributed by atoms with van der Waals surface area (Å²) in [4.78, 5) is 26.5. The predicted octanol–water partition coefficient (Wildman–Crippen LogP) is 4.41. The van der Waals surface area contributed by atoms with Crippen LogP contribution in [-0.4, -0.2) is 25.5 Å². The number of carbonyl (C=O) groups excluding carboxylic acids is 1. The van der Waals surface area contributed by atoms with Gasteiger partial charge in [0.05, 0.1) is 22.5 Å². The zero-order valence-electron chi connectivity index (χ0n) is 19.0. The number of nitrogens with zero attached hydrogens (tertiary/aromatic N) is 4. The second kappa shape index (κ2) is 8.42. The zero-order valence-corrected chi connectivity index (χ0v) is 19.0. The number of hydrogen-bond acceptors (Lipinski definition) is 4. The second-order valence-electron chi connectivity index (χ2n) is 8.18. The van der Waals surface area contributed by atoms with E-state index in [1.54, 1.807) is 4.68 Å². The van der Waals surface area contributed by atoms with Gasteiger partial charge in [-0.1, -0.05) is 31.2 Å². The summed E-state index contributed by atoms with van der Waals surface area (Å²) in [5.41, 5.74) is 5.14. The first-order chi connectivity index (χ1) is 15.3. The highest BCUT2D eigenvalue weighted by molar-refractivity contribution is 5.94. The SMILES string of the molecule is CC[C@H](C(=O)Nc1cc(C)cc(C)c1)n1nc(C)c2c(C)n(-c3ccccc3)nc2c1=O. The molecule has 1 atom stereocenters. The molecule has 4 aromatic rings. The van der Waals surface area contributed by atoms with Gasteiger partial charge < -0.3 is 5.32 Å². The van der Waals surface area contributed by atoms with Gasteiger partial charge in [-0.05, 0) is 69.5 Å². The smallest absolute Gasteiger partial charge is 0.295 e. The lowest BCUT2D eigenvalue weighted by Gasteiger charge is -2.18. The van der Waals surface area contributed by atoms with Crippen molar-refractivity contribution in [2.45, 2.75) is 47.1 Å². The molecule has 0 aliphatic rings. The van der Waals surface area contributed by atoms with Crippen molar-refractivity contribution in [3.8, 4) is 5.69 Å². The minimum atomic E-state index is -0.742. The summed E-state index contributed by atoms with van der Waals surface area (Å²) in [6.07, 6.45) is 0.423. The molecule has 0 bridgehead atoms. The lowest BCUT2D eigenvalue weighted by Crippen LogP contribution is -2.35. The number of anilines is 1. The molecule has 4 rings (SSSR count). The third-order valence-corrected chi connectivity index (χ3v) is 5.62. The Morgan fingerprint density at radius 3 is 2.28 bits per heavy atom. The minimum absolute atomic E-state index is 0.273. The molecule has 0 unspecified atom stereocenters. The Kier molecular flexibility index (Phi) is 5.65. The Hall–Kier alpha value is -3.74. The molecule has 2 aromatic heterocycles. The monoisotopic (exact) mass is 429 g/mol. The summed E-state index contributed by atoms with van der Waals surface area (Å²) >= 11 is 0. The highest BCUT2D eigenvalue weighted by atomic mass is 16.2. The molecule has 0 spiro atoms. The first-order valence-corrected chi connectivity index (χ1v) is 10.7. The number of carbonyl (C=O) groups is 1. The van der Waals surface area contributed by atoms with Gasteiger partial charge in [-0.25, -0.2) is 9.36 Å². The standard InChI is InChI=1S/C25H27N5O2/c1-6-21(24(31)26-19-13-15(2)12-16(3)14-19)30-25(32)23-22(17(4)27-30)18(5)29(28-23)20-10-8-7-9-11-20/h7-14,21H,6H2,1-5H3,(H,26,31)/t21-/m1/s1. The summed E-state index contributed by atoms with van der Waals surface area (Å²) in [5, 5.41) is 12.8. The number of rotatable bonds is 5. The lowest BCUT2D eigenvalue weighted by molar-refractivity contribution is -0.119. The van der Waals surface area contributed by atoms with Crippen LogP contribution in [0.1, 0.15) is 41.9 Å². The number of fused-ring (bicyclic) bond motifs is 1. The van der Waals surface area contributed by atoms with E-state index in [0.717, 1.165) is 27.9 Å². The van der Waals surface area contributed by atoms with E-state index < -0.39 is 6.04 Å². The van der Waals surface area contributed by atoms with Crippen LogP contribution in [0.5, 0.6) is 0 Å². The number of benzene rings is 2. The quantitative estimate of drug-likeness (QED) is 0.510.